The van der Waals surface area contributed by atoms with Crippen LogP contribution in [0.5, 0.6) is 0 Å². The molecule has 1 N–H and O–H groups in total. The topological polar surface area (TPSA) is 42.7 Å². The van der Waals surface area contributed by atoms with Gasteiger partial charge in [-0.15, -0.1) is 5.10 Å². The van der Waals surface area contributed by atoms with E-state index in [2.05, 4.69) is 36.2 Å². The maximum absolute atomic E-state index is 13.9. The third-order valence-electron chi connectivity index (χ3n) is 3.74. The summed E-state index contributed by atoms with van der Waals surface area (Å²) in [5.74, 6) is 0.888. The van der Waals surface area contributed by atoms with Gasteiger partial charge in [-0.2, -0.15) is 4.98 Å². The zero-order chi connectivity index (χ0) is 14.3. The van der Waals surface area contributed by atoms with Crippen LogP contribution in [0, 0.1) is 11.2 Å². The molecule has 3 rings (SSSR count). The van der Waals surface area contributed by atoms with Crippen molar-refractivity contribution in [3.63, 3.8) is 0 Å². The lowest BCUT2D eigenvalue weighted by atomic mass is 9.84. The van der Waals surface area contributed by atoms with E-state index in [9.17, 15) is 4.39 Å². The Morgan fingerprint density at radius 2 is 2.05 bits per heavy atom. The van der Waals surface area contributed by atoms with Gasteiger partial charge in [-0.1, -0.05) is 32.9 Å². The summed E-state index contributed by atoms with van der Waals surface area (Å²) in [7, 11) is 0. The van der Waals surface area contributed by atoms with Gasteiger partial charge in [0, 0.05) is 6.54 Å². The lowest BCUT2D eigenvalue weighted by Gasteiger charge is -2.34. The van der Waals surface area contributed by atoms with Crippen LogP contribution in [-0.2, 0) is 0 Å². The minimum atomic E-state index is -0.289. The Balaban J connectivity index is 2.06. The lowest BCUT2D eigenvalue weighted by Crippen LogP contribution is -2.32. The highest BCUT2D eigenvalue weighted by Crippen LogP contribution is 2.37. The molecule has 106 valence electrons. The number of fused-ring (bicyclic) bond motifs is 1. The zero-order valence-electron chi connectivity index (χ0n) is 12.0. The van der Waals surface area contributed by atoms with Gasteiger partial charge in [-0.3, -0.25) is 0 Å². The van der Waals surface area contributed by atoms with E-state index in [1.165, 1.54) is 6.07 Å². The first-order valence-electron chi connectivity index (χ1n) is 6.92. The maximum Gasteiger partial charge on any atom is 0.221 e. The molecule has 0 saturated heterocycles. The van der Waals surface area contributed by atoms with Gasteiger partial charge in [0.2, 0.25) is 5.95 Å². The molecule has 0 bridgehead atoms. The fourth-order valence-electron chi connectivity index (χ4n) is 2.66. The van der Waals surface area contributed by atoms with Crippen molar-refractivity contribution >= 4 is 5.95 Å². The molecule has 0 fully saturated rings. The van der Waals surface area contributed by atoms with E-state index in [1.54, 1.807) is 18.2 Å². The summed E-state index contributed by atoms with van der Waals surface area (Å²) >= 11 is 0. The predicted octanol–water partition coefficient (Wildman–Crippen LogP) is 3.49. The largest absolute Gasteiger partial charge is 0.354 e. The van der Waals surface area contributed by atoms with Gasteiger partial charge in [0.25, 0.3) is 0 Å². The fraction of sp³-hybridized carbons (Fsp3) is 0.467. The van der Waals surface area contributed by atoms with E-state index in [0.29, 0.717) is 11.4 Å². The van der Waals surface area contributed by atoms with Crippen molar-refractivity contribution in [3.05, 3.63) is 30.1 Å². The van der Waals surface area contributed by atoms with Crippen molar-refractivity contribution in [1.82, 2.24) is 14.8 Å². The molecule has 4 nitrogen and oxygen atoms in total. The molecule has 0 saturated carbocycles. The average Bonchev–Trinajstić information content (AvgIpc) is 2.81. The first-order valence-corrected chi connectivity index (χ1v) is 6.92. The Morgan fingerprint density at radius 1 is 1.30 bits per heavy atom. The molecule has 1 aromatic carbocycles. The molecule has 20 heavy (non-hydrogen) atoms. The molecule has 1 atom stereocenters. The van der Waals surface area contributed by atoms with Crippen molar-refractivity contribution in [1.29, 1.82) is 0 Å². The minimum Gasteiger partial charge on any atom is -0.354 e. The van der Waals surface area contributed by atoms with Gasteiger partial charge < -0.3 is 5.32 Å². The monoisotopic (exact) mass is 274 g/mol. The van der Waals surface area contributed by atoms with E-state index >= 15 is 0 Å². The third kappa shape index (κ3) is 2.17. The summed E-state index contributed by atoms with van der Waals surface area (Å²) in [5, 5.41) is 7.77. The number of anilines is 1. The number of hydrogen-bond acceptors (Lipinski definition) is 3. The van der Waals surface area contributed by atoms with Crippen molar-refractivity contribution < 1.29 is 4.39 Å². The number of rotatable bonds is 1. The quantitative estimate of drug-likeness (QED) is 0.865. The summed E-state index contributed by atoms with van der Waals surface area (Å²) < 4.78 is 15.8. The molecule has 0 radical (unpaired) electrons. The van der Waals surface area contributed by atoms with Crippen LogP contribution >= 0.6 is 0 Å². The number of nitrogens with one attached hydrogen (secondary N) is 1. The molecule has 1 aliphatic heterocycles. The second-order valence-corrected chi connectivity index (χ2v) is 6.28. The predicted molar refractivity (Wildman–Crippen MR) is 77.0 cm³/mol. The highest BCUT2D eigenvalue weighted by atomic mass is 19.1. The van der Waals surface area contributed by atoms with Gasteiger partial charge >= 0.3 is 0 Å². The Morgan fingerprint density at radius 3 is 2.75 bits per heavy atom. The van der Waals surface area contributed by atoms with Crippen LogP contribution in [0.15, 0.2) is 24.3 Å². The van der Waals surface area contributed by atoms with Crippen molar-refractivity contribution in [2.24, 2.45) is 5.41 Å². The fourth-order valence-corrected chi connectivity index (χ4v) is 2.66. The zero-order valence-corrected chi connectivity index (χ0v) is 12.0. The van der Waals surface area contributed by atoms with E-state index < -0.39 is 0 Å². The number of aromatic nitrogens is 3. The normalized spacial score (nSPS) is 18.5. The Bertz CT molecular complexity index is 627. The van der Waals surface area contributed by atoms with Gasteiger partial charge in [0.1, 0.15) is 5.82 Å². The smallest absolute Gasteiger partial charge is 0.221 e. The van der Waals surface area contributed by atoms with Gasteiger partial charge in [0.15, 0.2) is 5.82 Å². The molecule has 2 heterocycles. The van der Waals surface area contributed by atoms with Crippen LogP contribution in [0.1, 0.15) is 33.2 Å². The molecule has 0 amide bonds. The second kappa shape index (κ2) is 4.58. The number of halogens is 1. The van der Waals surface area contributed by atoms with E-state index in [1.807, 2.05) is 4.68 Å². The van der Waals surface area contributed by atoms with Gasteiger partial charge in [0.05, 0.1) is 11.6 Å². The molecule has 1 unspecified atom stereocenters. The standard InChI is InChI=1S/C15H19FN4/c1-15(2,3)12-8-9-17-14-18-13(19-20(12)14)10-6-4-5-7-11(10)16/h4-7,12H,8-9H2,1-3H3,(H,17,18,19). The molecule has 5 heteroatoms. The number of nitrogens with zero attached hydrogens (tertiary/aromatic N) is 3. The van der Waals surface area contributed by atoms with E-state index in [0.717, 1.165) is 18.9 Å². The molecule has 1 aromatic heterocycles. The summed E-state index contributed by atoms with van der Waals surface area (Å²) in [5.41, 5.74) is 0.542. The van der Waals surface area contributed by atoms with Crippen molar-refractivity contribution in [3.8, 4) is 11.4 Å². The van der Waals surface area contributed by atoms with E-state index in [4.69, 9.17) is 0 Å². The lowest BCUT2D eigenvalue weighted by molar-refractivity contribution is 0.210. The maximum atomic E-state index is 13.9. The van der Waals surface area contributed by atoms with Crippen LogP contribution in [0.4, 0.5) is 10.3 Å². The summed E-state index contributed by atoms with van der Waals surface area (Å²) in [4.78, 5) is 4.45. The molecule has 0 aliphatic carbocycles. The molecule has 1 aliphatic rings. The average molecular weight is 274 g/mol. The summed E-state index contributed by atoms with van der Waals surface area (Å²) in [6.07, 6.45) is 0.997. The number of benzene rings is 1. The minimum absolute atomic E-state index is 0.0943. The summed E-state index contributed by atoms with van der Waals surface area (Å²) in [6.45, 7) is 7.45. The third-order valence-corrected chi connectivity index (χ3v) is 3.74. The Labute approximate surface area is 118 Å². The van der Waals surface area contributed by atoms with Crippen LogP contribution in [0.3, 0.4) is 0 Å². The number of hydrogen-bond donors (Lipinski definition) is 1. The molecule has 2 aromatic rings. The van der Waals surface area contributed by atoms with Crippen molar-refractivity contribution in [2.45, 2.75) is 33.2 Å². The van der Waals surface area contributed by atoms with Gasteiger partial charge in [-0.25, -0.2) is 9.07 Å². The second-order valence-electron chi connectivity index (χ2n) is 6.28. The van der Waals surface area contributed by atoms with Crippen LogP contribution in [-0.4, -0.2) is 21.3 Å². The highest BCUT2D eigenvalue weighted by Gasteiger charge is 2.32. The van der Waals surface area contributed by atoms with Crippen molar-refractivity contribution in [2.75, 3.05) is 11.9 Å². The van der Waals surface area contributed by atoms with Crippen LogP contribution in [0.25, 0.3) is 11.4 Å². The van der Waals surface area contributed by atoms with Crippen LogP contribution in [0.2, 0.25) is 0 Å². The summed E-state index contributed by atoms with van der Waals surface area (Å²) in [6, 6.07) is 6.89. The molecular formula is C15H19FN4. The first-order chi connectivity index (χ1) is 9.47. The van der Waals surface area contributed by atoms with Gasteiger partial charge in [-0.05, 0) is 24.0 Å². The first kappa shape index (κ1) is 13.1. The SMILES string of the molecule is CC(C)(C)C1CCNc2nc(-c3ccccc3F)nn21. The Hall–Kier alpha value is -1.91. The van der Waals surface area contributed by atoms with Crippen LogP contribution < -0.4 is 5.32 Å². The molecular weight excluding hydrogens is 255 g/mol. The van der Waals surface area contributed by atoms with E-state index in [-0.39, 0.29) is 17.3 Å². The molecule has 0 spiro atoms. The Kier molecular flexibility index (Phi) is 3.00. The highest BCUT2D eigenvalue weighted by molar-refractivity contribution is 5.57.